The monoisotopic (exact) mass is 480 g/mol. The van der Waals surface area contributed by atoms with Gasteiger partial charge in [-0.1, -0.05) is 18.2 Å². The van der Waals surface area contributed by atoms with Crippen LogP contribution in [0.2, 0.25) is 0 Å². The Bertz CT molecular complexity index is 988. The molecule has 7 aliphatic rings. The van der Waals surface area contributed by atoms with Crippen LogP contribution < -0.4 is 0 Å². The van der Waals surface area contributed by atoms with E-state index in [1.807, 2.05) is 0 Å². The quantitative estimate of drug-likeness (QED) is 0.306. The zero-order chi connectivity index (χ0) is 24.1. The van der Waals surface area contributed by atoms with Crippen LogP contribution in [0, 0.1) is 11.3 Å². The molecule has 3 aliphatic carbocycles. The molecule has 4 saturated heterocycles. The number of carbonyl (C=O) groups excluding carboxylic acids is 1. The first-order valence-electron chi connectivity index (χ1n) is 11.4. The van der Waals surface area contributed by atoms with Gasteiger partial charge in [0, 0.05) is 12.3 Å². The molecule has 11 atom stereocenters. The lowest BCUT2D eigenvalue weighted by atomic mass is 9.41. The van der Waals surface area contributed by atoms with Crippen LogP contribution in [-0.2, 0) is 23.7 Å². The number of aliphatic hydroxyl groups is 5. The Hall–Kier alpha value is -1.67. The molecule has 0 spiro atoms. The van der Waals surface area contributed by atoms with Crippen LogP contribution in [0.5, 0.6) is 0 Å². The van der Waals surface area contributed by atoms with Gasteiger partial charge in [0.05, 0.1) is 17.6 Å². The SMILES string of the molecule is CC12CC3(O)OC(O1)C1(COC(=O)c4ccccc4)[C@@H]3CC21O[C@@H]1O[C@@H](CO)[C@@H](O)[C@H](O)[C@H]1O. The Labute approximate surface area is 194 Å². The lowest BCUT2D eigenvalue weighted by molar-refractivity contribution is -0.424. The maximum Gasteiger partial charge on any atom is 0.338 e. The smallest absolute Gasteiger partial charge is 0.338 e. The van der Waals surface area contributed by atoms with Crippen molar-refractivity contribution >= 4 is 5.97 Å². The van der Waals surface area contributed by atoms with Gasteiger partial charge in [-0.3, -0.25) is 0 Å². The van der Waals surface area contributed by atoms with Gasteiger partial charge in [-0.05, 0) is 25.5 Å². The number of aliphatic hydroxyl groups excluding tert-OH is 4. The summed E-state index contributed by atoms with van der Waals surface area (Å²) in [7, 11) is 0. The average molecular weight is 480 g/mol. The molecule has 6 bridgehead atoms. The van der Waals surface area contributed by atoms with Gasteiger partial charge in [0.2, 0.25) is 0 Å². The predicted octanol–water partition coefficient (Wildman–Crippen LogP) is -1.36. The first kappa shape index (κ1) is 22.8. The number of hydrogen-bond acceptors (Lipinski definition) is 11. The maximum absolute atomic E-state index is 12.7. The predicted molar refractivity (Wildman–Crippen MR) is 109 cm³/mol. The Morgan fingerprint density at radius 2 is 1.85 bits per heavy atom. The fourth-order valence-corrected chi connectivity index (χ4v) is 6.87. The summed E-state index contributed by atoms with van der Waals surface area (Å²) in [6, 6.07) is 8.47. The van der Waals surface area contributed by atoms with Crippen molar-refractivity contribution in [2.45, 2.75) is 73.8 Å². The molecule has 7 fully saturated rings. The van der Waals surface area contributed by atoms with Crippen LogP contribution in [0.4, 0.5) is 0 Å². The highest BCUT2D eigenvalue weighted by Gasteiger charge is 2.94. The van der Waals surface area contributed by atoms with Crippen molar-refractivity contribution in [1.82, 2.24) is 0 Å². The molecule has 1 aromatic carbocycles. The molecule has 0 aromatic heterocycles. The van der Waals surface area contributed by atoms with Crippen molar-refractivity contribution < 1.29 is 54.0 Å². The molecule has 0 radical (unpaired) electrons. The van der Waals surface area contributed by atoms with E-state index in [1.54, 1.807) is 37.3 Å². The molecule has 1 aromatic rings. The molecule has 186 valence electrons. The highest BCUT2D eigenvalue weighted by molar-refractivity contribution is 5.89. The second-order valence-electron chi connectivity index (χ2n) is 10.2. The fraction of sp³-hybridized carbons (Fsp3) is 0.696. The summed E-state index contributed by atoms with van der Waals surface area (Å²) in [6.45, 7) is 0.985. The molecule has 4 aliphatic heterocycles. The maximum atomic E-state index is 12.7. The van der Waals surface area contributed by atoms with Gasteiger partial charge in [0.15, 0.2) is 18.4 Å². The normalized spacial score (nSPS) is 52.5. The molecule has 0 amide bonds. The number of carbonyl (C=O) groups is 1. The van der Waals surface area contributed by atoms with Gasteiger partial charge in [-0.15, -0.1) is 0 Å². The van der Waals surface area contributed by atoms with E-state index in [0.29, 0.717) is 5.56 Å². The van der Waals surface area contributed by atoms with Gasteiger partial charge < -0.3 is 49.2 Å². The van der Waals surface area contributed by atoms with E-state index in [1.165, 1.54) is 0 Å². The van der Waals surface area contributed by atoms with E-state index < -0.39 is 77.9 Å². The van der Waals surface area contributed by atoms with E-state index in [-0.39, 0.29) is 19.4 Å². The second-order valence-corrected chi connectivity index (χ2v) is 10.2. The van der Waals surface area contributed by atoms with Crippen LogP contribution in [0.25, 0.3) is 0 Å². The van der Waals surface area contributed by atoms with Gasteiger partial charge in [0.1, 0.15) is 42.2 Å². The minimum absolute atomic E-state index is 0.0902. The zero-order valence-electron chi connectivity index (χ0n) is 18.4. The summed E-state index contributed by atoms with van der Waals surface area (Å²) in [5.41, 5.74) is -2.99. The van der Waals surface area contributed by atoms with Crippen molar-refractivity contribution in [1.29, 1.82) is 0 Å². The van der Waals surface area contributed by atoms with Crippen molar-refractivity contribution in [3.8, 4) is 0 Å². The standard InChI is InChI=1S/C23H28O11/c1-20-9-22(29)13-7-23(20,32-18-16(27)15(26)14(25)12(8-24)31-18)21(13,19(33-20)34-22)10-30-17(28)11-5-3-2-4-6-11/h2-6,12-16,18-19,24-27,29H,7-10H2,1H3/t12-,13-,14+,15-,16+,18-,19?,20?,21?,22?,23?/m0/s1. The average Bonchev–Trinajstić information content (AvgIpc) is 3.00. The van der Waals surface area contributed by atoms with E-state index in [4.69, 9.17) is 23.7 Å². The van der Waals surface area contributed by atoms with Crippen LogP contribution in [-0.4, -0.2) is 98.7 Å². The molecule has 11 heteroatoms. The van der Waals surface area contributed by atoms with E-state index in [2.05, 4.69) is 0 Å². The van der Waals surface area contributed by atoms with Crippen molar-refractivity contribution in [3.63, 3.8) is 0 Å². The van der Waals surface area contributed by atoms with Crippen LogP contribution in [0.15, 0.2) is 30.3 Å². The van der Waals surface area contributed by atoms with E-state index in [0.717, 1.165) is 0 Å². The first-order chi connectivity index (χ1) is 16.1. The molecule has 5 unspecified atom stereocenters. The van der Waals surface area contributed by atoms with Crippen LogP contribution >= 0.6 is 0 Å². The van der Waals surface area contributed by atoms with Crippen molar-refractivity contribution in [2.24, 2.45) is 11.3 Å². The highest BCUT2D eigenvalue weighted by atomic mass is 16.8. The number of rotatable bonds is 6. The lowest BCUT2D eigenvalue weighted by Crippen LogP contribution is -2.80. The van der Waals surface area contributed by atoms with E-state index >= 15 is 0 Å². The number of hydrogen-bond donors (Lipinski definition) is 5. The number of ether oxygens (including phenoxy) is 5. The number of benzene rings is 1. The van der Waals surface area contributed by atoms with Crippen molar-refractivity contribution in [2.75, 3.05) is 13.2 Å². The first-order valence-corrected chi connectivity index (χ1v) is 11.4. The summed E-state index contributed by atoms with van der Waals surface area (Å²) < 4.78 is 29.7. The summed E-state index contributed by atoms with van der Waals surface area (Å²) in [5.74, 6) is -2.49. The topological polar surface area (TPSA) is 164 Å². The third-order valence-corrected chi connectivity index (χ3v) is 8.57. The number of esters is 1. The molecular weight excluding hydrogens is 452 g/mol. The Morgan fingerprint density at radius 3 is 2.56 bits per heavy atom. The second kappa shape index (κ2) is 7.19. The Kier molecular flexibility index (Phi) is 4.81. The van der Waals surface area contributed by atoms with Gasteiger partial charge >= 0.3 is 5.97 Å². The molecular formula is C23H28O11. The molecule has 4 heterocycles. The zero-order valence-corrected chi connectivity index (χ0v) is 18.4. The largest absolute Gasteiger partial charge is 0.461 e. The molecule has 5 N–H and O–H groups in total. The molecule has 3 saturated carbocycles. The Balaban J connectivity index is 1.32. The molecule has 34 heavy (non-hydrogen) atoms. The highest BCUT2D eigenvalue weighted by Crippen LogP contribution is 2.81. The molecule has 11 nitrogen and oxygen atoms in total. The minimum atomic E-state index is -1.61. The summed E-state index contributed by atoms with van der Waals surface area (Å²) >= 11 is 0. The summed E-state index contributed by atoms with van der Waals surface area (Å²) in [4.78, 5) is 12.7. The lowest BCUT2D eigenvalue weighted by Gasteiger charge is -2.67. The van der Waals surface area contributed by atoms with Crippen LogP contribution in [0.3, 0.4) is 0 Å². The van der Waals surface area contributed by atoms with Gasteiger partial charge in [0.25, 0.3) is 0 Å². The summed E-state index contributed by atoms with van der Waals surface area (Å²) in [6.07, 6.45) is -7.87. The molecule has 8 rings (SSSR count). The van der Waals surface area contributed by atoms with Gasteiger partial charge in [-0.2, -0.15) is 0 Å². The summed E-state index contributed by atoms with van der Waals surface area (Å²) in [5, 5.41) is 51.7. The third-order valence-electron chi connectivity index (χ3n) is 8.57. The van der Waals surface area contributed by atoms with E-state index in [9.17, 15) is 30.3 Å². The Morgan fingerprint density at radius 1 is 1.12 bits per heavy atom. The van der Waals surface area contributed by atoms with Gasteiger partial charge in [-0.25, -0.2) is 4.79 Å². The van der Waals surface area contributed by atoms with Crippen molar-refractivity contribution in [3.05, 3.63) is 35.9 Å². The van der Waals surface area contributed by atoms with Crippen LogP contribution in [0.1, 0.15) is 30.1 Å². The fourth-order valence-electron chi connectivity index (χ4n) is 6.87. The minimum Gasteiger partial charge on any atom is -0.461 e. The third kappa shape index (κ3) is 2.59.